The molecule has 0 radical (unpaired) electrons. The maximum Gasteiger partial charge on any atom is 0.295 e. The Bertz CT molecular complexity index is 817. The molecule has 0 aliphatic heterocycles. The number of hydrogen-bond donors (Lipinski definition) is 1. The fourth-order valence-corrected chi connectivity index (χ4v) is 2.94. The van der Waals surface area contributed by atoms with Gasteiger partial charge in [-0.15, -0.1) is 4.33 Å². The molecule has 1 N–H and O–H groups in total. The first-order valence-corrected chi connectivity index (χ1v) is 9.56. The van der Waals surface area contributed by atoms with E-state index in [-0.39, 0.29) is 12.3 Å². The second-order valence-corrected chi connectivity index (χ2v) is 7.27. The predicted molar refractivity (Wildman–Crippen MR) is 98.5 cm³/mol. The van der Waals surface area contributed by atoms with Crippen molar-refractivity contribution < 1.29 is 22.6 Å². The van der Waals surface area contributed by atoms with E-state index in [9.17, 15) is 8.42 Å². The molecule has 0 aliphatic rings. The van der Waals surface area contributed by atoms with Crippen LogP contribution in [-0.4, -0.2) is 33.0 Å². The van der Waals surface area contributed by atoms with Gasteiger partial charge in [-0.2, -0.15) is 13.0 Å². The van der Waals surface area contributed by atoms with Crippen LogP contribution in [0.25, 0.3) is 12.2 Å². The summed E-state index contributed by atoms with van der Waals surface area (Å²) in [6.07, 6.45) is 6.14. The van der Waals surface area contributed by atoms with Gasteiger partial charge in [0.15, 0.2) is 6.20 Å². The van der Waals surface area contributed by atoms with Gasteiger partial charge in [-0.1, -0.05) is 12.1 Å². The van der Waals surface area contributed by atoms with E-state index in [2.05, 4.69) is 28.0 Å². The zero-order valence-corrected chi connectivity index (χ0v) is 15.2. The van der Waals surface area contributed by atoms with Crippen molar-refractivity contribution in [3.05, 3.63) is 59.9 Å². The largest absolute Gasteiger partial charge is 0.373 e. The average Bonchev–Trinajstić information content (AvgIpc) is 2.65. The zero-order valence-electron chi connectivity index (χ0n) is 14.4. The van der Waals surface area contributed by atoms with Gasteiger partial charge in [0.1, 0.15) is 6.54 Å². The van der Waals surface area contributed by atoms with E-state index in [1.54, 1.807) is 11.9 Å². The molecule has 0 saturated carbocycles. The zero-order chi connectivity index (χ0) is 18.3. The van der Waals surface area contributed by atoms with Crippen LogP contribution in [0.15, 0.2) is 48.7 Å². The van der Waals surface area contributed by atoms with Crippen LogP contribution in [0.1, 0.15) is 18.2 Å². The van der Waals surface area contributed by atoms with Crippen LogP contribution in [0.5, 0.6) is 0 Å². The van der Waals surface area contributed by atoms with Crippen molar-refractivity contribution in [3.8, 4) is 0 Å². The highest BCUT2D eigenvalue weighted by Crippen LogP contribution is 2.15. The minimum absolute atomic E-state index is 0.221. The monoisotopic (exact) mass is 363 g/mol. The van der Waals surface area contributed by atoms with Gasteiger partial charge in [0, 0.05) is 37.5 Å². The molecule has 0 amide bonds. The van der Waals surface area contributed by atoms with E-state index < -0.39 is 10.1 Å². The van der Waals surface area contributed by atoms with Crippen molar-refractivity contribution >= 4 is 28.0 Å². The van der Waals surface area contributed by atoms with Gasteiger partial charge >= 0.3 is 0 Å². The Labute approximate surface area is 148 Å². The number of hydrogen-bond acceptors (Lipinski definition) is 5. The fraction of sp³-hybridized carbons (Fsp3) is 0.278. The van der Waals surface area contributed by atoms with Crippen LogP contribution in [0.3, 0.4) is 0 Å². The standard InChI is InChI=1S/C18H22N2O4S/c1-3-20-13-5-4-6-18(20)12-9-16-7-10-17(11-8-16)19(2)14-15-25(22,23)24-21/h4-13H,3,14-15H2,1-2H3/p+1. The molecule has 0 bridgehead atoms. The molecule has 2 aromatic rings. The van der Waals surface area contributed by atoms with Gasteiger partial charge in [0.2, 0.25) is 5.69 Å². The molecule has 6 nitrogen and oxygen atoms in total. The first-order valence-electron chi connectivity index (χ1n) is 7.98. The summed E-state index contributed by atoms with van der Waals surface area (Å²) in [6, 6.07) is 13.9. The van der Waals surface area contributed by atoms with Crippen LogP contribution in [-0.2, 0) is 21.0 Å². The molecule has 1 aromatic heterocycles. The van der Waals surface area contributed by atoms with Crippen molar-refractivity contribution in [1.82, 2.24) is 0 Å². The van der Waals surface area contributed by atoms with E-state index in [1.807, 2.05) is 48.7 Å². The number of benzene rings is 1. The smallest absolute Gasteiger partial charge is 0.295 e. The molecule has 0 spiro atoms. The molecule has 0 unspecified atom stereocenters. The molecule has 1 heterocycles. The third-order valence-corrected chi connectivity index (χ3v) is 4.80. The Morgan fingerprint density at radius 2 is 1.88 bits per heavy atom. The highest BCUT2D eigenvalue weighted by molar-refractivity contribution is 7.86. The molecule has 1 aromatic carbocycles. The summed E-state index contributed by atoms with van der Waals surface area (Å²) in [4.78, 5) is 1.78. The Balaban J connectivity index is 2.03. The molecule has 0 aliphatic carbocycles. The lowest BCUT2D eigenvalue weighted by Crippen LogP contribution is -2.34. The number of nitrogens with zero attached hydrogens (tertiary/aromatic N) is 2. The molecule has 0 atom stereocenters. The summed E-state index contributed by atoms with van der Waals surface area (Å²) < 4.78 is 27.9. The van der Waals surface area contributed by atoms with Gasteiger partial charge in [-0.05, 0) is 36.8 Å². The Morgan fingerprint density at radius 1 is 1.16 bits per heavy atom. The maximum atomic E-state index is 11.2. The lowest BCUT2D eigenvalue weighted by Gasteiger charge is -2.18. The summed E-state index contributed by atoms with van der Waals surface area (Å²) in [7, 11) is -2.09. The molecular weight excluding hydrogens is 340 g/mol. The first kappa shape index (κ1) is 19.1. The van der Waals surface area contributed by atoms with E-state index in [0.717, 1.165) is 23.5 Å². The Morgan fingerprint density at radius 3 is 2.52 bits per heavy atom. The average molecular weight is 363 g/mol. The lowest BCUT2D eigenvalue weighted by molar-refractivity contribution is -0.695. The van der Waals surface area contributed by atoms with Crippen LogP contribution < -0.4 is 9.47 Å². The predicted octanol–water partition coefficient (Wildman–Crippen LogP) is 2.42. The van der Waals surface area contributed by atoms with Gasteiger partial charge in [-0.3, -0.25) is 0 Å². The summed E-state index contributed by atoms with van der Waals surface area (Å²) in [5.41, 5.74) is 3.06. The number of anilines is 1. The molecule has 2 rings (SSSR count). The molecule has 25 heavy (non-hydrogen) atoms. The van der Waals surface area contributed by atoms with Crippen molar-refractivity contribution in [1.29, 1.82) is 0 Å². The summed E-state index contributed by atoms with van der Waals surface area (Å²) in [5.74, 6) is -0.285. The second-order valence-electron chi connectivity index (χ2n) is 5.59. The first-order chi connectivity index (χ1) is 11.9. The van der Waals surface area contributed by atoms with Crippen LogP contribution in [0.2, 0.25) is 0 Å². The van der Waals surface area contributed by atoms with E-state index in [1.165, 1.54) is 0 Å². The van der Waals surface area contributed by atoms with Crippen molar-refractivity contribution in [2.75, 3.05) is 24.2 Å². The molecule has 7 heteroatoms. The quantitative estimate of drug-likeness (QED) is 0.443. The summed E-state index contributed by atoms with van der Waals surface area (Å²) in [6.45, 7) is 3.23. The fourth-order valence-electron chi connectivity index (χ4n) is 2.37. The summed E-state index contributed by atoms with van der Waals surface area (Å²) >= 11 is 0. The van der Waals surface area contributed by atoms with E-state index in [0.29, 0.717) is 0 Å². The van der Waals surface area contributed by atoms with Gasteiger partial charge in [-0.25, -0.2) is 5.26 Å². The Kier molecular flexibility index (Phi) is 6.69. The topological polar surface area (TPSA) is 70.7 Å². The third kappa shape index (κ3) is 5.67. The van der Waals surface area contributed by atoms with E-state index >= 15 is 0 Å². The highest BCUT2D eigenvalue weighted by Gasteiger charge is 2.12. The van der Waals surface area contributed by atoms with Gasteiger partial charge < -0.3 is 4.90 Å². The number of rotatable bonds is 8. The normalized spacial score (nSPS) is 11.8. The highest BCUT2D eigenvalue weighted by atomic mass is 32.2. The second kappa shape index (κ2) is 8.75. The molecular formula is C18H23N2O4S+. The minimum Gasteiger partial charge on any atom is -0.373 e. The SMILES string of the molecule is CC[n+]1ccccc1/C=C/c1ccc(N(C)CCS(=O)(=O)OO)cc1. The maximum absolute atomic E-state index is 11.2. The summed E-state index contributed by atoms with van der Waals surface area (Å²) in [5, 5.41) is 8.29. The molecule has 0 fully saturated rings. The van der Waals surface area contributed by atoms with Gasteiger partial charge in [0.25, 0.3) is 10.1 Å². The van der Waals surface area contributed by atoms with E-state index in [4.69, 9.17) is 5.26 Å². The van der Waals surface area contributed by atoms with Crippen LogP contribution >= 0.6 is 0 Å². The number of aryl methyl sites for hydroxylation is 1. The minimum atomic E-state index is -3.88. The van der Waals surface area contributed by atoms with Crippen LogP contribution in [0.4, 0.5) is 5.69 Å². The van der Waals surface area contributed by atoms with Gasteiger partial charge in [0.05, 0.1) is 5.75 Å². The number of pyridine rings is 1. The lowest BCUT2D eigenvalue weighted by atomic mass is 10.1. The van der Waals surface area contributed by atoms with Crippen molar-refractivity contribution in [3.63, 3.8) is 0 Å². The third-order valence-electron chi connectivity index (χ3n) is 3.89. The molecule has 134 valence electrons. The van der Waals surface area contributed by atoms with Crippen molar-refractivity contribution in [2.45, 2.75) is 13.5 Å². The van der Waals surface area contributed by atoms with Crippen LogP contribution in [0, 0.1) is 0 Å². The van der Waals surface area contributed by atoms with Crippen molar-refractivity contribution in [2.24, 2.45) is 0 Å². The number of aromatic nitrogens is 1. The molecule has 0 saturated heterocycles. The Hall–Kier alpha value is -2.22.